The molecule has 0 spiro atoms. The van der Waals surface area contributed by atoms with E-state index in [9.17, 15) is 19.5 Å². The van der Waals surface area contributed by atoms with Gasteiger partial charge in [0, 0.05) is 17.1 Å². The van der Waals surface area contributed by atoms with Crippen molar-refractivity contribution in [3.05, 3.63) is 70.3 Å². The summed E-state index contributed by atoms with van der Waals surface area (Å²) in [5.74, 6) is -2.56. The van der Waals surface area contributed by atoms with E-state index in [1.807, 2.05) is 6.92 Å². The predicted octanol–water partition coefficient (Wildman–Crippen LogP) is 3.64. The zero-order valence-electron chi connectivity index (χ0n) is 16.2. The van der Waals surface area contributed by atoms with Gasteiger partial charge in [0.1, 0.15) is 11.5 Å². The number of nitrogens with zero attached hydrogens (tertiary/aromatic N) is 1. The third-order valence-corrected chi connectivity index (χ3v) is 4.98. The number of halogens is 1. The number of benzene rings is 2. The summed E-state index contributed by atoms with van der Waals surface area (Å²) in [5, 5.41) is 20.4. The molecule has 1 aliphatic heterocycles. The highest BCUT2D eigenvalue weighted by molar-refractivity contribution is 6.46. The Balaban J connectivity index is 2.11. The Morgan fingerprint density at radius 2 is 1.70 bits per heavy atom. The molecule has 1 aliphatic rings. The van der Waals surface area contributed by atoms with E-state index in [1.54, 1.807) is 36.4 Å². The molecule has 156 valence electrons. The van der Waals surface area contributed by atoms with Crippen LogP contribution in [0.25, 0.3) is 5.76 Å². The molecule has 0 aliphatic carbocycles. The van der Waals surface area contributed by atoms with E-state index in [1.165, 1.54) is 17.0 Å². The summed E-state index contributed by atoms with van der Waals surface area (Å²) in [6.45, 7) is 2.16. The van der Waals surface area contributed by atoms with Gasteiger partial charge in [0.25, 0.3) is 11.7 Å². The summed E-state index contributed by atoms with van der Waals surface area (Å²) in [5.41, 5.74) is 0.780. The Labute approximate surface area is 178 Å². The number of aliphatic hydroxyl groups is 1. The van der Waals surface area contributed by atoms with Gasteiger partial charge in [0.2, 0.25) is 0 Å². The van der Waals surface area contributed by atoms with Crippen LogP contribution in [0.2, 0.25) is 5.02 Å². The van der Waals surface area contributed by atoms with Crippen molar-refractivity contribution in [2.45, 2.75) is 19.4 Å². The lowest BCUT2D eigenvalue weighted by molar-refractivity contribution is -0.142. The van der Waals surface area contributed by atoms with E-state index in [2.05, 4.69) is 0 Å². The molecule has 1 saturated heterocycles. The largest absolute Gasteiger partial charge is 0.507 e. The maximum absolute atomic E-state index is 12.8. The summed E-state index contributed by atoms with van der Waals surface area (Å²) in [7, 11) is 0. The lowest BCUT2D eigenvalue weighted by Gasteiger charge is -2.25. The van der Waals surface area contributed by atoms with E-state index >= 15 is 0 Å². The summed E-state index contributed by atoms with van der Waals surface area (Å²) in [6, 6.07) is 12.0. The van der Waals surface area contributed by atoms with Crippen molar-refractivity contribution in [3.8, 4) is 5.75 Å². The van der Waals surface area contributed by atoms with Crippen LogP contribution in [-0.4, -0.2) is 45.9 Å². The minimum Gasteiger partial charge on any atom is -0.507 e. The Kier molecular flexibility index (Phi) is 6.42. The second kappa shape index (κ2) is 9.00. The number of hydrogen-bond donors (Lipinski definition) is 2. The smallest absolute Gasteiger partial charge is 0.305 e. The number of ketones is 1. The lowest BCUT2D eigenvalue weighted by Crippen LogP contribution is -2.31. The highest BCUT2D eigenvalue weighted by Gasteiger charge is 2.46. The highest BCUT2D eigenvalue weighted by atomic mass is 35.5. The minimum atomic E-state index is -1.10. The van der Waals surface area contributed by atoms with Crippen LogP contribution in [0.1, 0.15) is 30.5 Å². The van der Waals surface area contributed by atoms with Crippen molar-refractivity contribution >= 4 is 35.0 Å². The van der Waals surface area contributed by atoms with Crippen molar-refractivity contribution in [1.82, 2.24) is 4.90 Å². The molecule has 7 nitrogen and oxygen atoms in total. The van der Waals surface area contributed by atoms with Crippen LogP contribution in [0.5, 0.6) is 5.75 Å². The number of carbonyl (C=O) groups is 3. The Morgan fingerprint density at radius 3 is 2.27 bits per heavy atom. The molecule has 0 radical (unpaired) electrons. The number of ether oxygens (including phenoxy) is 1. The second-order valence-corrected chi connectivity index (χ2v) is 7.08. The summed E-state index contributed by atoms with van der Waals surface area (Å²) in [6.07, 6.45) is -0.332. The number of carbonyl (C=O) groups excluding carboxylic acids is 2. The van der Waals surface area contributed by atoms with Crippen LogP contribution < -0.4 is 4.74 Å². The van der Waals surface area contributed by atoms with Gasteiger partial charge in [0.15, 0.2) is 0 Å². The van der Waals surface area contributed by atoms with Crippen molar-refractivity contribution in [1.29, 1.82) is 0 Å². The summed E-state index contributed by atoms with van der Waals surface area (Å²) < 4.78 is 5.43. The molecule has 0 bridgehead atoms. The Bertz CT molecular complexity index is 997. The molecule has 0 aromatic heterocycles. The van der Waals surface area contributed by atoms with E-state index in [-0.39, 0.29) is 24.3 Å². The lowest BCUT2D eigenvalue weighted by atomic mass is 9.95. The van der Waals surface area contributed by atoms with E-state index < -0.39 is 23.7 Å². The van der Waals surface area contributed by atoms with Gasteiger partial charge in [0.05, 0.1) is 24.6 Å². The van der Waals surface area contributed by atoms with Gasteiger partial charge in [-0.25, -0.2) is 0 Å². The third-order valence-electron chi connectivity index (χ3n) is 4.73. The first-order valence-corrected chi connectivity index (χ1v) is 9.70. The maximum atomic E-state index is 12.8. The third kappa shape index (κ3) is 4.31. The minimum absolute atomic E-state index is 0.100. The average Bonchev–Trinajstić information content (AvgIpc) is 2.98. The molecule has 30 heavy (non-hydrogen) atoms. The zero-order valence-corrected chi connectivity index (χ0v) is 16.9. The number of rotatable bonds is 7. The molecule has 3 rings (SSSR count). The molecular weight excluding hydrogens is 410 g/mol. The van der Waals surface area contributed by atoms with E-state index in [4.69, 9.17) is 21.4 Å². The first kappa shape index (κ1) is 21.4. The van der Waals surface area contributed by atoms with Gasteiger partial charge >= 0.3 is 5.97 Å². The molecular formula is C22H20ClNO6. The summed E-state index contributed by atoms with van der Waals surface area (Å²) in [4.78, 5) is 37.7. The first-order valence-electron chi connectivity index (χ1n) is 9.32. The van der Waals surface area contributed by atoms with Crippen LogP contribution >= 0.6 is 11.6 Å². The average molecular weight is 430 g/mol. The Hall–Kier alpha value is -3.32. The van der Waals surface area contributed by atoms with E-state index in [0.29, 0.717) is 28.5 Å². The monoisotopic (exact) mass is 429 g/mol. The Morgan fingerprint density at radius 1 is 1.07 bits per heavy atom. The molecule has 1 heterocycles. The molecule has 0 saturated carbocycles. The van der Waals surface area contributed by atoms with Crippen molar-refractivity contribution in [2.75, 3.05) is 13.2 Å². The number of amides is 1. The van der Waals surface area contributed by atoms with Crippen LogP contribution in [-0.2, 0) is 14.4 Å². The van der Waals surface area contributed by atoms with Crippen molar-refractivity contribution < 1.29 is 29.3 Å². The van der Waals surface area contributed by atoms with Gasteiger partial charge in [-0.3, -0.25) is 14.4 Å². The molecule has 2 aromatic rings. The van der Waals surface area contributed by atoms with Crippen LogP contribution in [0, 0.1) is 0 Å². The number of likely N-dealkylation sites (tertiary alicyclic amines) is 1. The summed E-state index contributed by atoms with van der Waals surface area (Å²) >= 11 is 5.89. The quantitative estimate of drug-likeness (QED) is 0.395. The van der Waals surface area contributed by atoms with Gasteiger partial charge < -0.3 is 19.8 Å². The standard InChI is InChI=1S/C22H20ClNO6/c1-2-30-16-9-5-13(6-10-16)19-18(20(27)14-3-7-15(23)8-4-14)21(28)22(29)24(19)12-11-17(25)26/h3-10,19,27H,2,11-12H2,1H3,(H,25,26)/b20-18+/t19-/m0/s1. The fourth-order valence-electron chi connectivity index (χ4n) is 3.35. The fraction of sp³-hybridized carbons (Fsp3) is 0.227. The molecule has 2 aromatic carbocycles. The van der Waals surface area contributed by atoms with Crippen LogP contribution in [0.4, 0.5) is 0 Å². The number of carboxylic acid groups (broad SMARTS) is 1. The topological polar surface area (TPSA) is 104 Å². The van der Waals surface area contributed by atoms with Gasteiger partial charge in [-0.2, -0.15) is 0 Å². The van der Waals surface area contributed by atoms with Crippen molar-refractivity contribution in [2.24, 2.45) is 0 Å². The molecule has 8 heteroatoms. The SMILES string of the molecule is CCOc1ccc([C@H]2/C(=C(\O)c3ccc(Cl)cc3)C(=O)C(=O)N2CCC(=O)O)cc1. The normalized spacial score (nSPS) is 17.9. The first-order chi connectivity index (χ1) is 14.3. The maximum Gasteiger partial charge on any atom is 0.305 e. The molecule has 0 unspecified atom stereocenters. The zero-order chi connectivity index (χ0) is 21.8. The second-order valence-electron chi connectivity index (χ2n) is 6.65. The van der Waals surface area contributed by atoms with Gasteiger partial charge in [-0.1, -0.05) is 23.7 Å². The molecule has 1 atom stereocenters. The molecule has 2 N–H and O–H groups in total. The number of carboxylic acids is 1. The molecule has 1 amide bonds. The fourth-order valence-corrected chi connectivity index (χ4v) is 3.48. The predicted molar refractivity (Wildman–Crippen MR) is 110 cm³/mol. The number of aliphatic hydroxyl groups excluding tert-OH is 1. The van der Waals surface area contributed by atoms with E-state index in [0.717, 1.165) is 0 Å². The van der Waals surface area contributed by atoms with Crippen molar-refractivity contribution in [3.63, 3.8) is 0 Å². The van der Waals surface area contributed by atoms with Gasteiger partial charge in [-0.15, -0.1) is 0 Å². The number of hydrogen-bond acceptors (Lipinski definition) is 5. The highest BCUT2D eigenvalue weighted by Crippen LogP contribution is 2.40. The number of Topliss-reactive ketones (excluding diaryl/α,β-unsaturated/α-hetero) is 1. The molecule has 1 fully saturated rings. The van der Waals surface area contributed by atoms with Crippen LogP contribution in [0.3, 0.4) is 0 Å². The van der Waals surface area contributed by atoms with Crippen LogP contribution in [0.15, 0.2) is 54.1 Å². The van der Waals surface area contributed by atoms with Gasteiger partial charge in [-0.05, 0) is 48.9 Å². The number of aliphatic carboxylic acids is 1.